The number of rotatable bonds is 10. The second-order valence-electron chi connectivity index (χ2n) is 10.7. The van der Waals surface area contributed by atoms with Crippen molar-refractivity contribution in [2.45, 2.75) is 18.9 Å². The normalized spacial score (nSPS) is 11.7. The summed E-state index contributed by atoms with van der Waals surface area (Å²) in [6.07, 6.45) is 4.18. The van der Waals surface area contributed by atoms with Crippen LogP contribution in [0.4, 0.5) is 5.69 Å². The summed E-state index contributed by atoms with van der Waals surface area (Å²) >= 11 is 0. The Labute approximate surface area is 257 Å². The van der Waals surface area contributed by atoms with Crippen LogP contribution in [0.15, 0.2) is 109 Å². The van der Waals surface area contributed by atoms with Crippen LogP contribution < -0.4 is 10.6 Å². The number of hydrogen-bond acceptors (Lipinski definition) is 6. The number of aromatic amines is 1. The molecule has 6 rings (SSSR count). The van der Waals surface area contributed by atoms with Gasteiger partial charge in [-0.3, -0.25) is 24.7 Å². The Balaban J connectivity index is 1.21. The van der Waals surface area contributed by atoms with Crippen LogP contribution in [0, 0.1) is 10.1 Å². The number of para-hydroxylation sites is 1. The lowest BCUT2D eigenvalue weighted by Crippen LogP contribution is -2.48. The topological polar surface area (TPSA) is 150 Å². The van der Waals surface area contributed by atoms with Gasteiger partial charge in [-0.2, -0.15) is 0 Å². The van der Waals surface area contributed by atoms with Crippen LogP contribution in [0.1, 0.15) is 21.5 Å². The van der Waals surface area contributed by atoms with Gasteiger partial charge in [0, 0.05) is 59.3 Å². The first kappa shape index (κ1) is 29.1. The Bertz CT molecular complexity index is 2040. The molecule has 45 heavy (non-hydrogen) atoms. The molecule has 10 nitrogen and oxygen atoms in total. The zero-order chi connectivity index (χ0) is 31.3. The molecule has 0 saturated carbocycles. The number of carbonyl (C=O) groups excluding carboxylic acids is 2. The Kier molecular flexibility index (Phi) is 8.19. The summed E-state index contributed by atoms with van der Waals surface area (Å²) in [7, 11) is 0. The first-order valence-electron chi connectivity index (χ1n) is 14.4. The molecule has 10 heteroatoms. The van der Waals surface area contributed by atoms with Gasteiger partial charge in [-0.15, -0.1) is 0 Å². The number of non-ortho nitro benzene ring substituents is 1. The molecule has 2 aromatic heterocycles. The number of phenols is 1. The third-order valence-corrected chi connectivity index (χ3v) is 7.72. The molecule has 4 aromatic carbocycles. The van der Waals surface area contributed by atoms with E-state index in [9.17, 15) is 24.8 Å². The van der Waals surface area contributed by atoms with Gasteiger partial charge in [-0.05, 0) is 65.1 Å². The summed E-state index contributed by atoms with van der Waals surface area (Å²) in [6.45, 7) is 0.284. The molecule has 1 atom stereocenters. The van der Waals surface area contributed by atoms with Crippen molar-refractivity contribution < 1.29 is 19.6 Å². The molecule has 1 unspecified atom stereocenters. The maximum Gasteiger partial charge on any atom is 0.269 e. The average Bonchev–Trinajstić information content (AvgIpc) is 3.47. The molecule has 0 bridgehead atoms. The van der Waals surface area contributed by atoms with Crippen molar-refractivity contribution in [3.8, 4) is 16.9 Å². The number of nitro benzene ring substituents is 1. The minimum atomic E-state index is -0.881. The van der Waals surface area contributed by atoms with E-state index >= 15 is 0 Å². The summed E-state index contributed by atoms with van der Waals surface area (Å²) in [4.78, 5) is 45.0. The number of hydrogen-bond donors (Lipinski definition) is 4. The zero-order valence-electron chi connectivity index (χ0n) is 24.1. The summed E-state index contributed by atoms with van der Waals surface area (Å²) in [5.74, 6) is -0.723. The van der Waals surface area contributed by atoms with Crippen molar-refractivity contribution in [1.82, 2.24) is 20.6 Å². The quantitative estimate of drug-likeness (QED) is 0.117. The molecular weight excluding hydrogens is 570 g/mol. The number of H-pyrrole nitrogens is 1. The number of carbonyl (C=O) groups is 2. The molecule has 6 aromatic rings. The number of amides is 2. The number of fused-ring (bicyclic) bond motifs is 2. The predicted molar refractivity (Wildman–Crippen MR) is 172 cm³/mol. The average molecular weight is 600 g/mol. The van der Waals surface area contributed by atoms with Gasteiger partial charge >= 0.3 is 0 Å². The lowest BCUT2D eigenvalue weighted by atomic mass is 9.99. The van der Waals surface area contributed by atoms with Gasteiger partial charge in [-0.25, -0.2) is 0 Å². The number of aromatic hydroxyl groups is 1. The minimum Gasteiger partial charge on any atom is -0.506 e. The van der Waals surface area contributed by atoms with Gasteiger partial charge in [-0.1, -0.05) is 48.5 Å². The zero-order valence-corrected chi connectivity index (χ0v) is 24.1. The molecule has 0 saturated heterocycles. The smallest absolute Gasteiger partial charge is 0.269 e. The fourth-order valence-corrected chi connectivity index (χ4v) is 5.39. The summed E-state index contributed by atoms with van der Waals surface area (Å²) < 4.78 is 0. The van der Waals surface area contributed by atoms with Crippen molar-refractivity contribution in [3.05, 3.63) is 136 Å². The summed E-state index contributed by atoms with van der Waals surface area (Å²) in [6, 6.07) is 27.2. The highest BCUT2D eigenvalue weighted by Gasteiger charge is 2.23. The van der Waals surface area contributed by atoms with E-state index < -0.39 is 16.9 Å². The van der Waals surface area contributed by atoms with Crippen LogP contribution in [0.3, 0.4) is 0 Å². The highest BCUT2D eigenvalue weighted by Crippen LogP contribution is 2.31. The second-order valence-corrected chi connectivity index (χ2v) is 10.7. The van der Waals surface area contributed by atoms with Crippen molar-refractivity contribution in [1.29, 1.82) is 0 Å². The fraction of sp³-hybridized carbons (Fsp3) is 0.114. The highest BCUT2D eigenvalue weighted by molar-refractivity contribution is 5.99. The van der Waals surface area contributed by atoms with Crippen molar-refractivity contribution in [2.24, 2.45) is 0 Å². The van der Waals surface area contributed by atoms with Gasteiger partial charge in [0.15, 0.2) is 0 Å². The SMILES string of the molecule is O=C(NC(Cc1c[nH]c2ccccc12)C(=O)NCCc1ccc([N+](=O)[O-])cc1)c1cccc(-c2cc(O)c3ncccc3c2)c1. The van der Waals surface area contributed by atoms with Gasteiger partial charge < -0.3 is 20.7 Å². The van der Waals surface area contributed by atoms with Gasteiger partial charge in [0.1, 0.15) is 17.3 Å². The molecule has 4 N–H and O–H groups in total. The van der Waals surface area contributed by atoms with Crippen molar-refractivity contribution >= 4 is 39.3 Å². The number of benzene rings is 4. The van der Waals surface area contributed by atoms with Crippen LogP contribution in [0.5, 0.6) is 5.75 Å². The van der Waals surface area contributed by atoms with Gasteiger partial charge in [0.2, 0.25) is 5.91 Å². The lowest BCUT2D eigenvalue weighted by Gasteiger charge is -2.19. The first-order valence-corrected chi connectivity index (χ1v) is 14.4. The molecule has 0 radical (unpaired) electrons. The summed E-state index contributed by atoms with van der Waals surface area (Å²) in [5.41, 5.74) is 4.96. The maximum atomic E-state index is 13.6. The van der Waals surface area contributed by atoms with E-state index in [1.165, 1.54) is 12.1 Å². The van der Waals surface area contributed by atoms with Crippen LogP contribution >= 0.6 is 0 Å². The lowest BCUT2D eigenvalue weighted by molar-refractivity contribution is -0.384. The molecule has 0 spiro atoms. The van der Waals surface area contributed by atoms with E-state index in [1.54, 1.807) is 48.7 Å². The Morgan fingerprint density at radius 1 is 0.933 bits per heavy atom. The molecule has 0 fully saturated rings. The van der Waals surface area contributed by atoms with E-state index in [1.807, 2.05) is 48.7 Å². The standard InChI is InChI=1S/C35H29N5O5/c41-32-20-26(18-24-7-4-15-36-33(24)32)23-5-3-6-25(17-23)34(42)39-31(19-27-21-38-30-9-2-1-8-29(27)30)35(43)37-16-14-22-10-12-28(13-11-22)40(44)45/h1-13,15,17-18,20-21,31,38,41H,14,16,19H2,(H,37,43)(H,39,42). The predicted octanol–water partition coefficient (Wildman–Crippen LogP) is 5.70. The first-order chi connectivity index (χ1) is 21.9. The van der Waals surface area contributed by atoms with E-state index in [0.717, 1.165) is 38.5 Å². The van der Waals surface area contributed by atoms with Crippen molar-refractivity contribution in [2.75, 3.05) is 6.54 Å². The van der Waals surface area contributed by atoms with Crippen LogP contribution in [0.2, 0.25) is 0 Å². The third kappa shape index (κ3) is 6.50. The van der Waals surface area contributed by atoms with Crippen LogP contribution in [-0.2, 0) is 17.6 Å². The largest absolute Gasteiger partial charge is 0.506 e. The van der Waals surface area contributed by atoms with Gasteiger partial charge in [0.05, 0.1) is 4.92 Å². The number of aromatic nitrogens is 2. The Morgan fingerprint density at radius 3 is 2.58 bits per heavy atom. The van der Waals surface area contributed by atoms with Crippen LogP contribution in [0.25, 0.3) is 32.9 Å². The molecular formula is C35H29N5O5. The van der Waals surface area contributed by atoms with E-state index in [-0.39, 0.29) is 30.3 Å². The second kappa shape index (κ2) is 12.7. The van der Waals surface area contributed by atoms with E-state index in [0.29, 0.717) is 17.5 Å². The fourth-order valence-electron chi connectivity index (χ4n) is 5.39. The number of phenolic OH excluding ortho intramolecular Hbond substituents is 1. The minimum absolute atomic E-state index is 0.00258. The van der Waals surface area contributed by atoms with Crippen molar-refractivity contribution in [3.63, 3.8) is 0 Å². The number of nitrogens with zero attached hydrogens (tertiary/aromatic N) is 2. The molecule has 0 aliphatic heterocycles. The van der Waals surface area contributed by atoms with E-state index in [2.05, 4.69) is 20.6 Å². The maximum absolute atomic E-state index is 13.6. The number of nitro groups is 1. The van der Waals surface area contributed by atoms with Gasteiger partial charge in [0.25, 0.3) is 11.6 Å². The monoisotopic (exact) mass is 599 g/mol. The highest BCUT2D eigenvalue weighted by atomic mass is 16.6. The number of pyridine rings is 1. The molecule has 0 aliphatic rings. The molecule has 2 heterocycles. The van der Waals surface area contributed by atoms with Crippen LogP contribution in [-0.4, -0.2) is 44.4 Å². The molecule has 0 aliphatic carbocycles. The number of nitrogens with one attached hydrogen (secondary N) is 3. The Hall–Kier alpha value is -6.03. The summed E-state index contributed by atoms with van der Waals surface area (Å²) in [5, 5.41) is 29.0. The molecule has 224 valence electrons. The third-order valence-electron chi connectivity index (χ3n) is 7.72. The Morgan fingerprint density at radius 2 is 1.76 bits per heavy atom. The van der Waals surface area contributed by atoms with E-state index in [4.69, 9.17) is 0 Å². The molecule has 2 amide bonds.